The molecule has 0 amide bonds. The monoisotopic (exact) mass is 180 g/mol. The minimum absolute atomic E-state index is 0.533. The third-order valence-corrected chi connectivity index (χ3v) is 3.77. The molecule has 0 aromatic carbocycles. The van der Waals surface area contributed by atoms with Gasteiger partial charge in [-0.05, 0) is 18.7 Å². The Morgan fingerprint density at radius 1 is 0.923 bits per heavy atom. The smallest absolute Gasteiger partial charge is 0.293 e. The van der Waals surface area contributed by atoms with Crippen molar-refractivity contribution < 1.29 is 4.65 Å². The molecule has 13 heavy (non-hydrogen) atoms. The van der Waals surface area contributed by atoms with Gasteiger partial charge >= 0.3 is 0 Å². The summed E-state index contributed by atoms with van der Waals surface area (Å²) in [7, 11) is 0. The van der Waals surface area contributed by atoms with E-state index in [1.807, 2.05) is 0 Å². The normalized spacial score (nSPS) is 25.6. The fourth-order valence-electron chi connectivity index (χ4n) is 2.87. The van der Waals surface area contributed by atoms with Crippen LogP contribution in [0.2, 0.25) is 12.6 Å². The molecule has 0 heterocycles. The molecule has 2 aliphatic rings. The molecule has 0 bridgehead atoms. The van der Waals surface area contributed by atoms with Crippen LogP contribution in [0.4, 0.5) is 0 Å². The van der Waals surface area contributed by atoms with Crippen molar-refractivity contribution in [2.24, 2.45) is 0 Å². The molecule has 74 valence electrons. The maximum Gasteiger partial charge on any atom is 0.293 e. The molecule has 0 aromatic heterocycles. The van der Waals surface area contributed by atoms with Gasteiger partial charge in [-0.1, -0.05) is 45.3 Å². The van der Waals surface area contributed by atoms with Crippen LogP contribution in [-0.2, 0) is 4.65 Å². The highest BCUT2D eigenvalue weighted by molar-refractivity contribution is 6.52. The summed E-state index contributed by atoms with van der Waals surface area (Å²) in [6.45, 7) is 2.82. The summed E-state index contributed by atoms with van der Waals surface area (Å²) in [4.78, 5) is 0. The third-order valence-electron chi connectivity index (χ3n) is 3.77. The van der Waals surface area contributed by atoms with Crippen molar-refractivity contribution in [3.63, 3.8) is 0 Å². The van der Waals surface area contributed by atoms with E-state index in [4.69, 9.17) is 4.65 Å². The zero-order valence-corrected chi connectivity index (χ0v) is 8.80. The van der Waals surface area contributed by atoms with Crippen LogP contribution >= 0.6 is 0 Å². The lowest BCUT2D eigenvalue weighted by atomic mass is 9.57. The summed E-state index contributed by atoms with van der Waals surface area (Å²) in [5.41, 5.74) is 0. The fraction of sp³-hybridized carbons (Fsp3) is 1.00. The van der Waals surface area contributed by atoms with Crippen LogP contribution in [0.15, 0.2) is 0 Å². The first-order valence-corrected chi connectivity index (χ1v) is 6.02. The lowest BCUT2D eigenvalue weighted by Crippen LogP contribution is -2.25. The highest BCUT2D eigenvalue weighted by Gasteiger charge is 2.29. The van der Waals surface area contributed by atoms with Gasteiger partial charge in [0, 0.05) is 6.10 Å². The minimum Gasteiger partial charge on any atom is -0.433 e. The average molecular weight is 180 g/mol. The topological polar surface area (TPSA) is 9.23 Å². The molecule has 0 saturated heterocycles. The third kappa shape index (κ3) is 2.49. The van der Waals surface area contributed by atoms with E-state index in [2.05, 4.69) is 6.82 Å². The SMILES string of the molecule is CB(OC1CCCC1)C1CCCC1. The van der Waals surface area contributed by atoms with E-state index < -0.39 is 0 Å². The lowest BCUT2D eigenvalue weighted by molar-refractivity contribution is 0.206. The summed E-state index contributed by atoms with van der Waals surface area (Å²) in [5.74, 6) is 0.876. The van der Waals surface area contributed by atoms with Crippen molar-refractivity contribution in [2.75, 3.05) is 0 Å². The van der Waals surface area contributed by atoms with Crippen LogP contribution in [0.5, 0.6) is 0 Å². The molecule has 0 unspecified atom stereocenters. The van der Waals surface area contributed by atoms with Crippen molar-refractivity contribution in [1.29, 1.82) is 0 Å². The van der Waals surface area contributed by atoms with E-state index in [0.29, 0.717) is 13.0 Å². The van der Waals surface area contributed by atoms with Crippen molar-refractivity contribution >= 4 is 6.92 Å². The standard InChI is InChI=1S/C11H21BO/c1-12(10-6-2-3-7-10)13-11-8-4-5-9-11/h10-11H,2-9H2,1H3. The van der Waals surface area contributed by atoms with Gasteiger partial charge in [0.05, 0.1) is 0 Å². The average Bonchev–Trinajstić information content (AvgIpc) is 2.74. The predicted molar refractivity (Wildman–Crippen MR) is 57.2 cm³/mol. The Labute approximate surface area is 82.3 Å². The van der Waals surface area contributed by atoms with Crippen LogP contribution < -0.4 is 0 Å². The molecular formula is C11H21BO. The largest absolute Gasteiger partial charge is 0.433 e. The Bertz CT molecular complexity index is 148. The van der Waals surface area contributed by atoms with E-state index in [-0.39, 0.29) is 0 Å². The van der Waals surface area contributed by atoms with Crippen molar-refractivity contribution in [3.05, 3.63) is 0 Å². The van der Waals surface area contributed by atoms with Crippen molar-refractivity contribution in [2.45, 2.75) is 70.1 Å². The molecule has 2 aliphatic carbocycles. The second-order valence-corrected chi connectivity index (χ2v) is 4.79. The summed E-state index contributed by atoms with van der Waals surface area (Å²) < 4.78 is 6.10. The maximum atomic E-state index is 6.10. The molecular weight excluding hydrogens is 159 g/mol. The van der Waals surface area contributed by atoms with Gasteiger partial charge in [0.2, 0.25) is 0 Å². The first-order chi connectivity index (χ1) is 6.36. The van der Waals surface area contributed by atoms with Gasteiger partial charge in [0.15, 0.2) is 0 Å². The summed E-state index contributed by atoms with van der Waals surface area (Å²) in [6.07, 6.45) is 11.7. The second kappa shape index (κ2) is 4.50. The van der Waals surface area contributed by atoms with Gasteiger partial charge < -0.3 is 4.65 Å². The molecule has 0 spiro atoms. The first-order valence-electron chi connectivity index (χ1n) is 6.02. The van der Waals surface area contributed by atoms with Gasteiger partial charge in [0.1, 0.15) is 0 Å². The van der Waals surface area contributed by atoms with Gasteiger partial charge in [-0.25, -0.2) is 0 Å². The highest BCUT2D eigenvalue weighted by atomic mass is 16.4. The van der Waals surface area contributed by atoms with Gasteiger partial charge in [-0.15, -0.1) is 0 Å². The fourth-order valence-corrected chi connectivity index (χ4v) is 2.87. The Morgan fingerprint density at radius 2 is 1.46 bits per heavy atom. The van der Waals surface area contributed by atoms with Crippen molar-refractivity contribution in [1.82, 2.24) is 0 Å². The zero-order chi connectivity index (χ0) is 9.10. The Morgan fingerprint density at radius 3 is 2.08 bits per heavy atom. The van der Waals surface area contributed by atoms with Gasteiger partial charge in [0.25, 0.3) is 6.92 Å². The maximum absolute atomic E-state index is 6.10. The summed E-state index contributed by atoms with van der Waals surface area (Å²) in [6, 6.07) is 0. The van der Waals surface area contributed by atoms with E-state index in [0.717, 1.165) is 5.82 Å². The van der Waals surface area contributed by atoms with Crippen LogP contribution in [0.1, 0.15) is 51.4 Å². The Kier molecular flexibility index (Phi) is 3.31. The second-order valence-electron chi connectivity index (χ2n) is 4.79. The van der Waals surface area contributed by atoms with E-state index >= 15 is 0 Å². The van der Waals surface area contributed by atoms with Gasteiger partial charge in [-0.2, -0.15) is 0 Å². The van der Waals surface area contributed by atoms with Crippen LogP contribution in [-0.4, -0.2) is 13.0 Å². The van der Waals surface area contributed by atoms with Crippen LogP contribution in [0.3, 0.4) is 0 Å². The molecule has 0 aromatic rings. The molecule has 2 heteroatoms. The Balaban J connectivity index is 1.73. The van der Waals surface area contributed by atoms with Crippen LogP contribution in [0.25, 0.3) is 0 Å². The first kappa shape index (κ1) is 9.58. The molecule has 0 aliphatic heterocycles. The van der Waals surface area contributed by atoms with Crippen LogP contribution in [0, 0.1) is 0 Å². The quantitative estimate of drug-likeness (QED) is 0.604. The molecule has 0 atom stereocenters. The summed E-state index contributed by atoms with van der Waals surface area (Å²) in [5, 5.41) is 0. The lowest BCUT2D eigenvalue weighted by Gasteiger charge is -2.20. The molecule has 0 N–H and O–H groups in total. The number of hydrogen-bond donors (Lipinski definition) is 0. The van der Waals surface area contributed by atoms with E-state index in [1.165, 1.54) is 51.4 Å². The molecule has 2 fully saturated rings. The molecule has 0 radical (unpaired) electrons. The minimum atomic E-state index is 0.533. The molecule has 2 rings (SSSR count). The number of rotatable bonds is 3. The van der Waals surface area contributed by atoms with Gasteiger partial charge in [-0.3, -0.25) is 0 Å². The zero-order valence-electron chi connectivity index (χ0n) is 8.80. The highest BCUT2D eigenvalue weighted by Crippen LogP contribution is 2.34. The molecule has 1 nitrogen and oxygen atoms in total. The summed E-state index contributed by atoms with van der Waals surface area (Å²) >= 11 is 0. The van der Waals surface area contributed by atoms with Crippen molar-refractivity contribution in [3.8, 4) is 0 Å². The Hall–Kier alpha value is 0.0249. The number of hydrogen-bond acceptors (Lipinski definition) is 1. The molecule has 2 saturated carbocycles. The van der Waals surface area contributed by atoms with E-state index in [1.54, 1.807) is 0 Å². The van der Waals surface area contributed by atoms with E-state index in [9.17, 15) is 0 Å². The predicted octanol–water partition coefficient (Wildman–Crippen LogP) is 3.51.